The van der Waals surface area contributed by atoms with Crippen LogP contribution in [0.1, 0.15) is 44.2 Å². The van der Waals surface area contributed by atoms with Crippen LogP contribution in [0.4, 0.5) is 5.69 Å². The number of para-hydroxylation sites is 1. The third-order valence-corrected chi connectivity index (χ3v) is 6.65. The molecule has 1 atom stereocenters. The molecule has 180 valence electrons. The number of hydrogen-bond acceptors (Lipinski definition) is 4. The van der Waals surface area contributed by atoms with E-state index in [0.29, 0.717) is 31.6 Å². The number of nitrogens with zero attached hydrogens (tertiary/aromatic N) is 2. The number of anilines is 1. The lowest BCUT2D eigenvalue weighted by Crippen LogP contribution is -2.49. The zero-order valence-electron chi connectivity index (χ0n) is 20.0. The second kappa shape index (κ2) is 12.4. The van der Waals surface area contributed by atoms with E-state index in [1.165, 1.54) is 10.6 Å². The van der Waals surface area contributed by atoms with Crippen LogP contribution in [0.25, 0.3) is 0 Å². The molecular formula is C25H35N3O4S. The van der Waals surface area contributed by atoms with Crippen molar-refractivity contribution >= 4 is 27.5 Å². The molecule has 0 aromatic heterocycles. The van der Waals surface area contributed by atoms with Crippen LogP contribution in [0.2, 0.25) is 0 Å². The molecule has 0 fully saturated rings. The molecule has 2 aromatic rings. The summed E-state index contributed by atoms with van der Waals surface area (Å²) in [6.45, 7) is 6.59. The maximum Gasteiger partial charge on any atom is 0.242 e. The Labute approximate surface area is 197 Å². The normalized spacial score (nSPS) is 12.1. The molecule has 2 aromatic carbocycles. The SMILES string of the molecule is CCNC(=O)[C@@H](CC)N(Cc1ccccc1)C(=O)CCCN(c1ccccc1C)S(C)(=O)=O. The van der Waals surface area contributed by atoms with Gasteiger partial charge in [0.25, 0.3) is 0 Å². The molecule has 0 unspecified atom stereocenters. The van der Waals surface area contributed by atoms with Crippen molar-refractivity contribution in [2.75, 3.05) is 23.7 Å². The van der Waals surface area contributed by atoms with Crippen molar-refractivity contribution in [2.24, 2.45) is 0 Å². The maximum atomic E-state index is 13.3. The lowest BCUT2D eigenvalue weighted by Gasteiger charge is -2.31. The van der Waals surface area contributed by atoms with Crippen molar-refractivity contribution in [1.82, 2.24) is 10.2 Å². The second-order valence-electron chi connectivity index (χ2n) is 8.05. The number of likely N-dealkylation sites (N-methyl/N-ethyl adjacent to an activating group) is 1. The fourth-order valence-corrected chi connectivity index (χ4v) is 4.84. The summed E-state index contributed by atoms with van der Waals surface area (Å²) in [6, 6.07) is 16.3. The lowest BCUT2D eigenvalue weighted by molar-refractivity contribution is -0.141. The van der Waals surface area contributed by atoms with E-state index in [0.717, 1.165) is 11.1 Å². The van der Waals surface area contributed by atoms with Crippen molar-refractivity contribution in [3.63, 3.8) is 0 Å². The van der Waals surface area contributed by atoms with E-state index in [9.17, 15) is 18.0 Å². The van der Waals surface area contributed by atoms with Crippen LogP contribution in [0.5, 0.6) is 0 Å². The Bertz CT molecular complexity index is 1020. The van der Waals surface area contributed by atoms with Gasteiger partial charge in [-0.2, -0.15) is 0 Å². The number of aryl methyl sites for hydroxylation is 1. The van der Waals surface area contributed by atoms with E-state index in [1.807, 2.05) is 63.2 Å². The fourth-order valence-electron chi connectivity index (χ4n) is 3.82. The van der Waals surface area contributed by atoms with Gasteiger partial charge in [0.1, 0.15) is 6.04 Å². The topological polar surface area (TPSA) is 86.8 Å². The quantitative estimate of drug-likeness (QED) is 0.511. The maximum absolute atomic E-state index is 13.3. The molecule has 0 aliphatic carbocycles. The summed E-state index contributed by atoms with van der Waals surface area (Å²) in [5, 5.41) is 2.82. The number of nitrogens with one attached hydrogen (secondary N) is 1. The standard InChI is InChI=1S/C25H35N3O4S/c1-5-22(25(30)26-6-2)27(19-21-14-8-7-9-15-21)24(29)17-12-18-28(33(4,31)32)23-16-11-10-13-20(23)3/h7-11,13-16,22H,5-6,12,17-19H2,1-4H3,(H,26,30)/t22-/m1/s1. The average molecular weight is 474 g/mol. The molecule has 0 radical (unpaired) electrons. The molecule has 2 rings (SSSR count). The molecule has 1 N–H and O–H groups in total. The average Bonchev–Trinajstić information content (AvgIpc) is 2.77. The highest BCUT2D eigenvalue weighted by Crippen LogP contribution is 2.23. The van der Waals surface area contributed by atoms with Gasteiger partial charge in [0.2, 0.25) is 21.8 Å². The highest BCUT2D eigenvalue weighted by atomic mass is 32.2. The first-order valence-corrected chi connectivity index (χ1v) is 13.2. The molecule has 8 heteroatoms. The zero-order valence-corrected chi connectivity index (χ0v) is 20.8. The summed E-state index contributed by atoms with van der Waals surface area (Å²) in [4.78, 5) is 27.5. The van der Waals surface area contributed by atoms with E-state index in [-0.39, 0.29) is 24.8 Å². The predicted molar refractivity (Wildman–Crippen MR) is 132 cm³/mol. The summed E-state index contributed by atoms with van der Waals surface area (Å²) in [6.07, 6.45) is 2.15. The Balaban J connectivity index is 2.18. The summed E-state index contributed by atoms with van der Waals surface area (Å²) in [7, 11) is -3.50. The number of hydrogen-bond donors (Lipinski definition) is 1. The van der Waals surface area contributed by atoms with Crippen molar-refractivity contribution < 1.29 is 18.0 Å². The van der Waals surface area contributed by atoms with Gasteiger partial charge in [-0.15, -0.1) is 0 Å². The summed E-state index contributed by atoms with van der Waals surface area (Å²) in [5.74, 6) is -0.350. The van der Waals surface area contributed by atoms with Gasteiger partial charge in [-0.1, -0.05) is 55.5 Å². The van der Waals surface area contributed by atoms with Crippen molar-refractivity contribution in [1.29, 1.82) is 0 Å². The summed E-state index contributed by atoms with van der Waals surface area (Å²) >= 11 is 0. The van der Waals surface area contributed by atoms with E-state index in [1.54, 1.807) is 17.0 Å². The first-order valence-electron chi connectivity index (χ1n) is 11.3. The molecule has 0 bridgehead atoms. The molecular weight excluding hydrogens is 438 g/mol. The zero-order chi connectivity index (χ0) is 24.4. The van der Waals surface area contributed by atoms with E-state index in [4.69, 9.17) is 0 Å². The Hall–Kier alpha value is -2.87. The van der Waals surface area contributed by atoms with Gasteiger partial charge in [-0.3, -0.25) is 13.9 Å². The van der Waals surface area contributed by atoms with Gasteiger partial charge in [0, 0.05) is 26.1 Å². The van der Waals surface area contributed by atoms with E-state index in [2.05, 4.69) is 5.32 Å². The molecule has 0 spiro atoms. The van der Waals surface area contributed by atoms with E-state index < -0.39 is 16.1 Å². The number of benzene rings is 2. The van der Waals surface area contributed by atoms with Gasteiger partial charge in [-0.05, 0) is 43.9 Å². The number of amides is 2. The van der Waals surface area contributed by atoms with Crippen molar-refractivity contribution in [2.45, 2.75) is 52.6 Å². The molecule has 0 aliphatic heterocycles. The van der Waals surface area contributed by atoms with Gasteiger partial charge in [0.05, 0.1) is 11.9 Å². The van der Waals surface area contributed by atoms with Crippen LogP contribution in [0.15, 0.2) is 54.6 Å². The Morgan fingerprint density at radius 3 is 2.21 bits per heavy atom. The molecule has 2 amide bonds. The van der Waals surface area contributed by atoms with Gasteiger partial charge < -0.3 is 10.2 Å². The Kier molecular flexibility index (Phi) is 9.91. The minimum atomic E-state index is -3.50. The molecule has 0 saturated carbocycles. The first-order chi connectivity index (χ1) is 15.7. The van der Waals surface area contributed by atoms with Crippen molar-refractivity contribution in [3.05, 3.63) is 65.7 Å². The number of carbonyl (C=O) groups excluding carboxylic acids is 2. The molecule has 0 saturated heterocycles. The third-order valence-electron chi connectivity index (χ3n) is 5.47. The Morgan fingerprint density at radius 1 is 1.00 bits per heavy atom. The van der Waals surface area contributed by atoms with Crippen LogP contribution < -0.4 is 9.62 Å². The first kappa shape index (κ1) is 26.4. The Morgan fingerprint density at radius 2 is 1.64 bits per heavy atom. The highest BCUT2D eigenvalue weighted by molar-refractivity contribution is 7.92. The number of sulfonamides is 1. The molecule has 0 heterocycles. The van der Waals surface area contributed by atoms with Crippen LogP contribution >= 0.6 is 0 Å². The largest absolute Gasteiger partial charge is 0.355 e. The summed E-state index contributed by atoms with van der Waals surface area (Å²) < 4.78 is 26.2. The smallest absolute Gasteiger partial charge is 0.242 e. The number of rotatable bonds is 12. The molecule has 0 aliphatic rings. The van der Waals surface area contributed by atoms with E-state index >= 15 is 0 Å². The second-order valence-corrected chi connectivity index (χ2v) is 9.96. The highest BCUT2D eigenvalue weighted by Gasteiger charge is 2.28. The van der Waals surface area contributed by atoms with Gasteiger partial charge >= 0.3 is 0 Å². The summed E-state index contributed by atoms with van der Waals surface area (Å²) in [5.41, 5.74) is 2.40. The van der Waals surface area contributed by atoms with Crippen LogP contribution in [0, 0.1) is 6.92 Å². The van der Waals surface area contributed by atoms with Gasteiger partial charge in [-0.25, -0.2) is 8.42 Å². The predicted octanol–water partition coefficient (Wildman–Crippen LogP) is 3.48. The van der Waals surface area contributed by atoms with Gasteiger partial charge in [0.15, 0.2) is 0 Å². The fraction of sp³-hybridized carbons (Fsp3) is 0.440. The minimum Gasteiger partial charge on any atom is -0.355 e. The van der Waals surface area contributed by atoms with Crippen LogP contribution in [0.3, 0.4) is 0 Å². The number of carbonyl (C=O) groups is 2. The van der Waals surface area contributed by atoms with Crippen molar-refractivity contribution in [3.8, 4) is 0 Å². The van der Waals surface area contributed by atoms with Crippen LogP contribution in [-0.2, 0) is 26.2 Å². The van der Waals surface area contributed by atoms with Crippen LogP contribution in [-0.4, -0.2) is 50.5 Å². The third kappa shape index (κ3) is 7.60. The minimum absolute atomic E-state index is 0.140. The molecule has 33 heavy (non-hydrogen) atoms. The lowest BCUT2D eigenvalue weighted by atomic mass is 10.1. The molecule has 7 nitrogen and oxygen atoms in total. The monoisotopic (exact) mass is 473 g/mol.